The van der Waals surface area contributed by atoms with Crippen molar-refractivity contribution in [1.82, 2.24) is 10.3 Å². The average Bonchev–Trinajstić information content (AvgIpc) is 3.54. The molecule has 3 aromatic carbocycles. The average molecular weight is 589 g/mol. The lowest BCUT2D eigenvalue weighted by Crippen LogP contribution is -2.13. The molecule has 0 aliphatic carbocycles. The number of hydrogen-bond donors (Lipinski definition) is 1. The first-order valence-corrected chi connectivity index (χ1v) is 13.1. The van der Waals surface area contributed by atoms with Crippen LogP contribution >= 0.6 is 23.2 Å². The molecule has 0 radical (unpaired) electrons. The smallest absolute Gasteiger partial charge is 0.360 e. The Balaban J connectivity index is 1.29. The molecule has 1 N–H and O–H groups in total. The summed E-state index contributed by atoms with van der Waals surface area (Å²) in [5.41, 5.74) is 3.80. The maximum Gasteiger partial charge on any atom is 0.371 e. The molecule has 11 heteroatoms. The molecule has 0 bridgehead atoms. The fraction of sp³-hybridized carbons (Fsp3) is 0.100. The zero-order valence-electron chi connectivity index (χ0n) is 22.1. The van der Waals surface area contributed by atoms with Crippen molar-refractivity contribution in [3.8, 4) is 22.5 Å². The Morgan fingerprint density at radius 2 is 1.29 bits per heavy atom. The first-order chi connectivity index (χ1) is 19.7. The number of hydrogen-bond acceptors (Lipinski definition) is 8. The van der Waals surface area contributed by atoms with Crippen molar-refractivity contribution >= 4 is 46.5 Å². The molecule has 2 heterocycles. The number of halogens is 2. The summed E-state index contributed by atoms with van der Waals surface area (Å²) in [6.07, 6.45) is 0. The molecule has 0 fully saturated rings. The minimum Gasteiger partial charge on any atom is -0.360 e. The van der Waals surface area contributed by atoms with Gasteiger partial charge in [0.25, 0.3) is 5.91 Å². The highest BCUT2D eigenvalue weighted by atomic mass is 35.5. The minimum atomic E-state index is -0.736. The van der Waals surface area contributed by atoms with Gasteiger partial charge in [-0.1, -0.05) is 87.2 Å². The second kappa shape index (κ2) is 11.8. The quantitative estimate of drug-likeness (QED) is 0.117. The molecule has 0 saturated carbocycles. The van der Waals surface area contributed by atoms with E-state index in [9.17, 15) is 9.59 Å². The third-order valence-electron chi connectivity index (χ3n) is 6.24. The van der Waals surface area contributed by atoms with Crippen LogP contribution < -0.4 is 5.32 Å². The molecule has 41 heavy (non-hydrogen) atoms. The molecule has 0 unspecified atom stereocenters. The Labute approximate surface area is 244 Å². The van der Waals surface area contributed by atoms with Crippen molar-refractivity contribution in [2.24, 2.45) is 5.16 Å². The number of rotatable bonds is 7. The highest BCUT2D eigenvalue weighted by molar-refractivity contribution is 6.34. The predicted molar refractivity (Wildman–Crippen MR) is 155 cm³/mol. The lowest BCUT2D eigenvalue weighted by molar-refractivity contribution is 0.0515. The topological polar surface area (TPSA) is 120 Å². The van der Waals surface area contributed by atoms with Gasteiger partial charge in [0, 0.05) is 16.8 Å². The summed E-state index contributed by atoms with van der Waals surface area (Å²) in [5.74, 6) is -0.498. The summed E-state index contributed by atoms with van der Waals surface area (Å²) in [7, 11) is 0. The maximum absolute atomic E-state index is 13.1. The second-order valence-electron chi connectivity index (χ2n) is 8.97. The Morgan fingerprint density at radius 1 is 0.780 bits per heavy atom. The summed E-state index contributed by atoms with van der Waals surface area (Å²) < 4.78 is 10.5. The molecule has 1 amide bonds. The van der Waals surface area contributed by atoms with E-state index in [0.29, 0.717) is 49.6 Å². The SMILES string of the molecule is CC(=NOC(=O)c1c(-c2ccccc2Cl)noc1C)c1ccc(NC(=O)c2c(-c3ccccc3Cl)noc2C)cc1. The highest BCUT2D eigenvalue weighted by Crippen LogP contribution is 2.32. The zero-order chi connectivity index (χ0) is 29.1. The van der Waals surface area contributed by atoms with E-state index in [1.807, 2.05) is 0 Å². The van der Waals surface area contributed by atoms with Crippen molar-refractivity contribution in [2.75, 3.05) is 5.32 Å². The Kier molecular flexibility index (Phi) is 8.00. The molecule has 0 aliphatic rings. The van der Waals surface area contributed by atoms with Gasteiger partial charge in [-0.2, -0.15) is 0 Å². The van der Waals surface area contributed by atoms with Gasteiger partial charge in [-0.25, -0.2) is 4.79 Å². The summed E-state index contributed by atoms with van der Waals surface area (Å²) in [5, 5.41) is 15.7. The Hall–Kier alpha value is -4.73. The number of carbonyl (C=O) groups is 2. The normalized spacial score (nSPS) is 11.4. The van der Waals surface area contributed by atoms with E-state index in [0.717, 1.165) is 0 Å². The minimum absolute atomic E-state index is 0.132. The Morgan fingerprint density at radius 3 is 1.85 bits per heavy atom. The van der Waals surface area contributed by atoms with E-state index in [-0.39, 0.29) is 22.6 Å². The van der Waals surface area contributed by atoms with Gasteiger partial charge in [0.15, 0.2) is 0 Å². The number of anilines is 1. The van der Waals surface area contributed by atoms with Crippen LogP contribution in [-0.4, -0.2) is 27.9 Å². The molecule has 5 rings (SSSR count). The van der Waals surface area contributed by atoms with Gasteiger partial charge in [0.1, 0.15) is 34.0 Å². The van der Waals surface area contributed by atoms with Gasteiger partial charge in [0.2, 0.25) is 0 Å². The third-order valence-corrected chi connectivity index (χ3v) is 6.90. The summed E-state index contributed by atoms with van der Waals surface area (Å²) in [4.78, 5) is 31.2. The van der Waals surface area contributed by atoms with Gasteiger partial charge in [-0.3, -0.25) is 4.79 Å². The van der Waals surface area contributed by atoms with Crippen molar-refractivity contribution in [3.63, 3.8) is 0 Å². The molecular weight excluding hydrogens is 567 g/mol. The van der Waals surface area contributed by atoms with Crippen molar-refractivity contribution < 1.29 is 23.5 Å². The van der Waals surface area contributed by atoms with E-state index in [2.05, 4.69) is 20.8 Å². The fourth-order valence-electron chi connectivity index (χ4n) is 4.12. The Bertz CT molecular complexity index is 1790. The van der Waals surface area contributed by atoms with Crippen LogP contribution in [0.2, 0.25) is 10.0 Å². The fourth-order valence-corrected chi connectivity index (χ4v) is 4.57. The van der Waals surface area contributed by atoms with Crippen LogP contribution in [0, 0.1) is 13.8 Å². The number of nitrogens with zero attached hydrogens (tertiary/aromatic N) is 3. The molecule has 0 aliphatic heterocycles. The van der Waals surface area contributed by atoms with E-state index in [1.54, 1.807) is 93.6 Å². The first kappa shape index (κ1) is 27.8. The lowest BCUT2D eigenvalue weighted by atomic mass is 10.1. The van der Waals surface area contributed by atoms with E-state index >= 15 is 0 Å². The lowest BCUT2D eigenvalue weighted by Gasteiger charge is -2.08. The van der Waals surface area contributed by atoms with E-state index < -0.39 is 11.9 Å². The van der Waals surface area contributed by atoms with Crippen LogP contribution in [0.1, 0.15) is 44.7 Å². The summed E-state index contributed by atoms with van der Waals surface area (Å²) in [6, 6.07) is 20.9. The number of oxime groups is 1. The molecule has 0 atom stereocenters. The largest absolute Gasteiger partial charge is 0.371 e. The molecule has 206 valence electrons. The number of carbonyl (C=O) groups excluding carboxylic acids is 2. The molecule has 0 spiro atoms. The second-order valence-corrected chi connectivity index (χ2v) is 9.79. The predicted octanol–water partition coefficient (Wildman–Crippen LogP) is 7.75. The summed E-state index contributed by atoms with van der Waals surface area (Å²) in [6.45, 7) is 4.95. The van der Waals surface area contributed by atoms with Gasteiger partial charge < -0.3 is 19.2 Å². The van der Waals surface area contributed by atoms with Gasteiger partial charge >= 0.3 is 5.97 Å². The van der Waals surface area contributed by atoms with Gasteiger partial charge in [0.05, 0.1) is 15.8 Å². The van der Waals surface area contributed by atoms with Gasteiger partial charge in [-0.05, 0) is 50.6 Å². The standard InChI is InChI=1S/C30H22Cl2N4O5/c1-16(34-41-30(38)26-18(3)40-36-28(26)22-9-5-7-11-24(22)32)19-12-14-20(15-13-19)33-29(37)25-17(2)39-35-27(25)21-8-4-6-10-23(21)31/h4-15H,1-3H3,(H,33,37). The van der Waals surface area contributed by atoms with Crippen LogP contribution in [-0.2, 0) is 4.84 Å². The van der Waals surface area contributed by atoms with Crippen LogP contribution in [0.4, 0.5) is 5.69 Å². The maximum atomic E-state index is 13.1. The number of nitrogens with one attached hydrogen (secondary N) is 1. The van der Waals surface area contributed by atoms with Crippen molar-refractivity contribution in [3.05, 3.63) is 111 Å². The monoisotopic (exact) mass is 588 g/mol. The molecule has 0 saturated heterocycles. The number of benzene rings is 3. The van der Waals surface area contributed by atoms with Crippen molar-refractivity contribution in [2.45, 2.75) is 20.8 Å². The number of amides is 1. The van der Waals surface area contributed by atoms with Crippen LogP contribution in [0.3, 0.4) is 0 Å². The molecule has 2 aromatic heterocycles. The molecule has 5 aromatic rings. The van der Waals surface area contributed by atoms with Crippen molar-refractivity contribution in [1.29, 1.82) is 0 Å². The van der Waals surface area contributed by atoms with Crippen LogP contribution in [0.25, 0.3) is 22.5 Å². The highest BCUT2D eigenvalue weighted by Gasteiger charge is 2.25. The van der Waals surface area contributed by atoms with Crippen LogP contribution in [0.15, 0.2) is 87.0 Å². The zero-order valence-corrected chi connectivity index (χ0v) is 23.6. The van der Waals surface area contributed by atoms with E-state index in [1.165, 1.54) is 0 Å². The van der Waals surface area contributed by atoms with E-state index in [4.69, 9.17) is 37.1 Å². The number of aryl methyl sites for hydroxylation is 2. The summed E-state index contributed by atoms with van der Waals surface area (Å²) >= 11 is 12.6. The van der Waals surface area contributed by atoms with Crippen LogP contribution in [0.5, 0.6) is 0 Å². The third kappa shape index (κ3) is 5.77. The molecular formula is C30H22Cl2N4O5. The van der Waals surface area contributed by atoms with Gasteiger partial charge in [-0.15, -0.1) is 0 Å². The first-order valence-electron chi connectivity index (χ1n) is 12.3. The number of aromatic nitrogens is 2. The molecule has 9 nitrogen and oxygen atoms in total.